The van der Waals surface area contributed by atoms with Gasteiger partial charge in [0.1, 0.15) is 0 Å². The summed E-state index contributed by atoms with van der Waals surface area (Å²) in [7, 11) is 0. The maximum atomic E-state index is 10.1. The van der Waals surface area contributed by atoms with Crippen LogP contribution in [0, 0.1) is 0 Å². The minimum absolute atomic E-state index is 0.943. The molecule has 0 radical (unpaired) electrons. The van der Waals surface area contributed by atoms with Gasteiger partial charge in [-0.15, -0.1) is 0 Å². The average molecular weight is 150 g/mol. The van der Waals surface area contributed by atoms with Crippen molar-refractivity contribution in [2.24, 2.45) is 0 Å². The van der Waals surface area contributed by atoms with E-state index in [-0.39, 0.29) is 0 Å². The first kappa shape index (κ1) is 7.47. The van der Waals surface area contributed by atoms with Crippen molar-refractivity contribution < 1.29 is 14.5 Å². The Labute approximate surface area is 64.2 Å². The number of hydrogen-bond acceptors (Lipinski definition) is 1. The van der Waals surface area contributed by atoms with Crippen LogP contribution >= 0.6 is 0 Å². The molecule has 0 unspecified atom stereocenters. The van der Waals surface area contributed by atoms with E-state index >= 15 is 0 Å². The van der Waals surface area contributed by atoms with E-state index in [2.05, 4.69) is 0 Å². The molecule has 0 aliphatic carbocycles. The summed E-state index contributed by atoms with van der Waals surface area (Å²) in [5.74, 6) is -0.943. The Morgan fingerprint density at radius 2 is 1.91 bits per heavy atom. The molecule has 1 rings (SSSR count). The number of nitrogens with zero attached hydrogens (tertiary/aromatic N) is 1. The van der Waals surface area contributed by atoms with Gasteiger partial charge in [-0.2, -0.15) is 4.57 Å². The van der Waals surface area contributed by atoms with Crippen LogP contribution in [-0.4, -0.2) is 11.1 Å². The summed E-state index contributed by atoms with van der Waals surface area (Å²) in [6.45, 7) is 0. The third-order valence-corrected chi connectivity index (χ3v) is 1.13. The Morgan fingerprint density at radius 1 is 1.27 bits per heavy atom. The number of carboxylic acid groups (broad SMARTS) is 1. The second-order valence-corrected chi connectivity index (χ2v) is 1.98. The largest absolute Gasteiger partial charge is 0.478 e. The minimum atomic E-state index is -0.943. The normalized spacial score (nSPS) is 10.2. The standard InChI is InChI=1S/C8H7NO2/c10-8(11)4-7-9-5-2-1-3-6-9/h1-7H/p+1/b7-4+. The highest BCUT2D eigenvalue weighted by Crippen LogP contribution is 1.77. The number of aromatic nitrogens is 1. The molecule has 1 aromatic heterocycles. The maximum absolute atomic E-state index is 10.1. The molecular weight excluding hydrogens is 142 g/mol. The number of carboxylic acids is 1. The second-order valence-electron chi connectivity index (χ2n) is 1.98. The lowest BCUT2D eigenvalue weighted by Crippen LogP contribution is -2.23. The smallest absolute Gasteiger partial charge is 0.334 e. The Bertz CT molecular complexity index is 267. The fourth-order valence-corrected chi connectivity index (χ4v) is 0.661. The molecule has 0 bridgehead atoms. The predicted molar refractivity (Wildman–Crippen MR) is 39.6 cm³/mol. The number of pyridine rings is 1. The van der Waals surface area contributed by atoms with Crippen molar-refractivity contribution in [2.75, 3.05) is 0 Å². The summed E-state index contributed by atoms with van der Waals surface area (Å²) in [4.78, 5) is 10.1. The molecule has 1 heterocycles. The summed E-state index contributed by atoms with van der Waals surface area (Å²) >= 11 is 0. The zero-order valence-corrected chi connectivity index (χ0v) is 5.84. The number of carbonyl (C=O) groups is 1. The molecule has 3 nitrogen and oxygen atoms in total. The summed E-state index contributed by atoms with van der Waals surface area (Å²) < 4.78 is 1.66. The van der Waals surface area contributed by atoms with Gasteiger partial charge in [-0.05, 0) is 0 Å². The third-order valence-electron chi connectivity index (χ3n) is 1.13. The van der Waals surface area contributed by atoms with Crippen molar-refractivity contribution in [2.45, 2.75) is 0 Å². The van der Waals surface area contributed by atoms with Crippen molar-refractivity contribution in [1.29, 1.82) is 0 Å². The molecule has 0 aliphatic heterocycles. The molecule has 0 saturated heterocycles. The first-order chi connectivity index (χ1) is 5.29. The summed E-state index contributed by atoms with van der Waals surface area (Å²) in [5.41, 5.74) is 0. The zero-order chi connectivity index (χ0) is 8.10. The first-order valence-corrected chi connectivity index (χ1v) is 3.16. The van der Waals surface area contributed by atoms with E-state index in [0.717, 1.165) is 6.08 Å². The maximum Gasteiger partial charge on any atom is 0.334 e. The number of rotatable bonds is 2. The molecular formula is C8H8NO2+. The highest BCUT2D eigenvalue weighted by atomic mass is 16.4. The molecule has 1 N–H and O–H groups in total. The van der Waals surface area contributed by atoms with Crippen molar-refractivity contribution in [3.05, 3.63) is 36.7 Å². The number of aliphatic carboxylic acids is 1. The molecule has 0 aliphatic rings. The van der Waals surface area contributed by atoms with E-state index in [4.69, 9.17) is 5.11 Å². The van der Waals surface area contributed by atoms with Gasteiger partial charge in [0.05, 0.1) is 6.08 Å². The van der Waals surface area contributed by atoms with Gasteiger partial charge in [-0.3, -0.25) is 0 Å². The lowest BCUT2D eigenvalue weighted by molar-refractivity contribution is -0.568. The van der Waals surface area contributed by atoms with E-state index in [1.54, 1.807) is 17.0 Å². The summed E-state index contributed by atoms with van der Waals surface area (Å²) in [5, 5.41) is 8.27. The molecule has 0 atom stereocenters. The van der Waals surface area contributed by atoms with Gasteiger partial charge < -0.3 is 5.11 Å². The second kappa shape index (κ2) is 3.51. The Morgan fingerprint density at radius 3 is 2.45 bits per heavy atom. The van der Waals surface area contributed by atoms with Crippen molar-refractivity contribution in [1.82, 2.24) is 0 Å². The Hall–Kier alpha value is -1.64. The zero-order valence-electron chi connectivity index (χ0n) is 5.84. The van der Waals surface area contributed by atoms with Crippen LogP contribution in [0.5, 0.6) is 0 Å². The molecule has 1 aromatic rings. The predicted octanol–water partition coefficient (Wildman–Crippen LogP) is 0.529. The molecule has 11 heavy (non-hydrogen) atoms. The van der Waals surface area contributed by atoms with Gasteiger partial charge in [0.15, 0.2) is 18.6 Å². The Balaban J connectivity index is 2.72. The van der Waals surface area contributed by atoms with E-state index in [0.29, 0.717) is 0 Å². The topological polar surface area (TPSA) is 41.2 Å². The lowest BCUT2D eigenvalue weighted by Gasteiger charge is -1.82. The van der Waals surface area contributed by atoms with Gasteiger partial charge >= 0.3 is 5.97 Å². The van der Waals surface area contributed by atoms with Crippen LogP contribution in [0.25, 0.3) is 6.20 Å². The van der Waals surface area contributed by atoms with Crippen LogP contribution in [0.1, 0.15) is 0 Å². The molecule has 0 spiro atoms. The van der Waals surface area contributed by atoms with Gasteiger partial charge in [-0.25, -0.2) is 4.79 Å². The SMILES string of the molecule is O=C(O)/C=C/[n+]1ccccc1. The quantitative estimate of drug-likeness (QED) is 0.493. The van der Waals surface area contributed by atoms with E-state index in [1.807, 2.05) is 18.2 Å². The monoisotopic (exact) mass is 150 g/mol. The fraction of sp³-hybridized carbons (Fsp3) is 0. The number of hydrogen-bond donors (Lipinski definition) is 1. The molecule has 3 heteroatoms. The molecule has 0 fully saturated rings. The molecule has 0 saturated carbocycles. The van der Waals surface area contributed by atoms with Crippen molar-refractivity contribution in [3.63, 3.8) is 0 Å². The van der Waals surface area contributed by atoms with Gasteiger partial charge in [0.25, 0.3) is 0 Å². The summed E-state index contributed by atoms with van der Waals surface area (Å²) in [6, 6.07) is 5.52. The molecule has 56 valence electrons. The summed E-state index contributed by atoms with van der Waals surface area (Å²) in [6.07, 6.45) is 6.08. The lowest BCUT2D eigenvalue weighted by atomic mass is 10.5. The van der Waals surface area contributed by atoms with Crippen LogP contribution in [-0.2, 0) is 4.79 Å². The van der Waals surface area contributed by atoms with Crippen LogP contribution < -0.4 is 4.57 Å². The van der Waals surface area contributed by atoms with Crippen LogP contribution in [0.15, 0.2) is 36.7 Å². The van der Waals surface area contributed by atoms with Gasteiger partial charge in [0, 0.05) is 12.1 Å². The van der Waals surface area contributed by atoms with E-state index in [1.165, 1.54) is 6.20 Å². The van der Waals surface area contributed by atoms with Gasteiger partial charge in [0.2, 0.25) is 0 Å². The van der Waals surface area contributed by atoms with Crippen molar-refractivity contribution >= 4 is 12.2 Å². The fourth-order valence-electron chi connectivity index (χ4n) is 0.661. The third kappa shape index (κ3) is 2.62. The highest BCUT2D eigenvalue weighted by molar-refractivity contribution is 5.82. The van der Waals surface area contributed by atoms with Gasteiger partial charge in [-0.1, -0.05) is 6.07 Å². The van der Waals surface area contributed by atoms with E-state index < -0.39 is 5.97 Å². The Kier molecular flexibility index (Phi) is 2.38. The van der Waals surface area contributed by atoms with E-state index in [9.17, 15) is 4.79 Å². The van der Waals surface area contributed by atoms with Crippen LogP contribution in [0.4, 0.5) is 0 Å². The average Bonchev–Trinajstić information content (AvgIpc) is 2.03. The minimum Gasteiger partial charge on any atom is -0.478 e. The molecule has 0 aromatic carbocycles. The molecule has 0 amide bonds. The highest BCUT2D eigenvalue weighted by Gasteiger charge is 1.91. The van der Waals surface area contributed by atoms with Crippen molar-refractivity contribution in [3.8, 4) is 0 Å². The van der Waals surface area contributed by atoms with Crippen LogP contribution in [0.3, 0.4) is 0 Å². The first-order valence-electron chi connectivity index (χ1n) is 3.16. The van der Waals surface area contributed by atoms with Crippen LogP contribution in [0.2, 0.25) is 0 Å².